The summed E-state index contributed by atoms with van der Waals surface area (Å²) in [5.74, 6) is 0.0930. The zero-order valence-electron chi connectivity index (χ0n) is 10.0. The first-order valence-corrected chi connectivity index (χ1v) is 5.74. The van der Waals surface area contributed by atoms with Crippen LogP contribution < -0.4 is 10.5 Å². The normalized spacial score (nSPS) is 12.5. The van der Waals surface area contributed by atoms with Gasteiger partial charge in [0.15, 0.2) is 11.6 Å². The molecular weight excluding hydrogens is 205 g/mol. The van der Waals surface area contributed by atoms with Gasteiger partial charge in [0.05, 0.1) is 6.61 Å². The van der Waals surface area contributed by atoms with Gasteiger partial charge >= 0.3 is 0 Å². The van der Waals surface area contributed by atoms with Crippen LogP contribution in [0.2, 0.25) is 0 Å². The molecule has 1 atom stereocenters. The highest BCUT2D eigenvalue weighted by atomic mass is 19.1. The van der Waals surface area contributed by atoms with Crippen LogP contribution in [-0.2, 0) is 0 Å². The summed E-state index contributed by atoms with van der Waals surface area (Å²) in [6, 6.07) is 5.43. The minimum absolute atomic E-state index is 0.232. The topological polar surface area (TPSA) is 35.2 Å². The molecular formula is C13H20FNO. The maximum absolute atomic E-state index is 13.5. The van der Waals surface area contributed by atoms with Gasteiger partial charge in [-0.2, -0.15) is 0 Å². The number of ether oxygens (including phenoxy) is 1. The fraction of sp³-hybridized carbons (Fsp3) is 0.538. The average molecular weight is 225 g/mol. The molecule has 1 unspecified atom stereocenters. The Hall–Kier alpha value is -1.09. The Morgan fingerprint density at radius 1 is 1.38 bits per heavy atom. The molecule has 1 aromatic carbocycles. The van der Waals surface area contributed by atoms with Crippen LogP contribution in [0.3, 0.4) is 0 Å². The molecule has 0 amide bonds. The van der Waals surface area contributed by atoms with Crippen molar-refractivity contribution in [2.24, 2.45) is 5.73 Å². The van der Waals surface area contributed by atoms with Crippen molar-refractivity contribution < 1.29 is 9.13 Å². The lowest BCUT2D eigenvalue weighted by molar-refractivity contribution is 0.289. The number of rotatable bonds is 6. The zero-order chi connectivity index (χ0) is 12.0. The van der Waals surface area contributed by atoms with Gasteiger partial charge in [0.1, 0.15) is 0 Å². The third kappa shape index (κ3) is 4.19. The molecule has 0 aliphatic heterocycles. The molecule has 1 rings (SSSR count). The Morgan fingerprint density at radius 2 is 2.12 bits per heavy atom. The predicted molar refractivity (Wildman–Crippen MR) is 64.1 cm³/mol. The SMILES string of the molecule is Cc1cccc(OCCCCC(C)N)c1F. The number of unbranched alkanes of at least 4 members (excludes halogenated alkanes) is 1. The summed E-state index contributed by atoms with van der Waals surface area (Å²) in [7, 11) is 0. The van der Waals surface area contributed by atoms with Crippen LogP contribution in [0.15, 0.2) is 18.2 Å². The number of benzene rings is 1. The maximum Gasteiger partial charge on any atom is 0.167 e. The van der Waals surface area contributed by atoms with Crippen LogP contribution >= 0.6 is 0 Å². The molecule has 0 heterocycles. The molecule has 0 aliphatic carbocycles. The minimum Gasteiger partial charge on any atom is -0.491 e. The van der Waals surface area contributed by atoms with E-state index in [9.17, 15) is 4.39 Å². The van der Waals surface area contributed by atoms with Crippen molar-refractivity contribution >= 4 is 0 Å². The summed E-state index contributed by atoms with van der Waals surface area (Å²) in [5.41, 5.74) is 6.25. The van der Waals surface area contributed by atoms with Crippen molar-refractivity contribution in [1.82, 2.24) is 0 Å². The second-order valence-corrected chi connectivity index (χ2v) is 4.21. The van der Waals surface area contributed by atoms with Gasteiger partial charge in [0.25, 0.3) is 0 Å². The summed E-state index contributed by atoms with van der Waals surface area (Å²) in [4.78, 5) is 0. The summed E-state index contributed by atoms with van der Waals surface area (Å²) >= 11 is 0. The molecule has 2 nitrogen and oxygen atoms in total. The van der Waals surface area contributed by atoms with Crippen molar-refractivity contribution in [1.29, 1.82) is 0 Å². The highest BCUT2D eigenvalue weighted by Gasteiger charge is 2.05. The number of hydrogen-bond acceptors (Lipinski definition) is 2. The molecule has 0 radical (unpaired) electrons. The standard InChI is InChI=1S/C13H20FNO/c1-10-6-5-8-12(13(10)14)16-9-4-3-7-11(2)15/h5-6,8,11H,3-4,7,9,15H2,1-2H3. The third-order valence-corrected chi connectivity index (χ3v) is 2.47. The summed E-state index contributed by atoms with van der Waals surface area (Å²) in [6.07, 6.45) is 2.92. The minimum atomic E-state index is -0.255. The highest BCUT2D eigenvalue weighted by molar-refractivity contribution is 5.29. The maximum atomic E-state index is 13.5. The zero-order valence-corrected chi connectivity index (χ0v) is 10.0. The Morgan fingerprint density at radius 3 is 2.81 bits per heavy atom. The summed E-state index contributed by atoms with van der Waals surface area (Å²) in [6.45, 7) is 4.27. The molecule has 90 valence electrons. The lowest BCUT2D eigenvalue weighted by Gasteiger charge is -2.09. The van der Waals surface area contributed by atoms with Crippen LogP contribution in [0.5, 0.6) is 5.75 Å². The molecule has 16 heavy (non-hydrogen) atoms. The van der Waals surface area contributed by atoms with E-state index in [-0.39, 0.29) is 11.9 Å². The molecule has 0 spiro atoms. The van der Waals surface area contributed by atoms with Crippen LogP contribution in [0, 0.1) is 12.7 Å². The number of aryl methyl sites for hydroxylation is 1. The first-order valence-electron chi connectivity index (χ1n) is 5.74. The Balaban J connectivity index is 2.29. The van der Waals surface area contributed by atoms with E-state index in [0.29, 0.717) is 17.9 Å². The van der Waals surface area contributed by atoms with Gasteiger partial charge in [-0.1, -0.05) is 12.1 Å². The largest absolute Gasteiger partial charge is 0.491 e. The number of halogens is 1. The Bertz CT molecular complexity index is 326. The third-order valence-electron chi connectivity index (χ3n) is 2.47. The fourth-order valence-electron chi connectivity index (χ4n) is 1.48. The molecule has 1 aromatic rings. The quantitative estimate of drug-likeness (QED) is 0.755. The number of nitrogens with two attached hydrogens (primary N) is 1. The van der Waals surface area contributed by atoms with Crippen molar-refractivity contribution in [2.75, 3.05) is 6.61 Å². The van der Waals surface area contributed by atoms with Gasteiger partial charge in [-0.15, -0.1) is 0 Å². The van der Waals surface area contributed by atoms with Gasteiger partial charge in [0.2, 0.25) is 0 Å². The fourth-order valence-corrected chi connectivity index (χ4v) is 1.48. The van der Waals surface area contributed by atoms with E-state index in [1.165, 1.54) is 0 Å². The molecule has 0 fully saturated rings. The molecule has 0 aromatic heterocycles. The van der Waals surface area contributed by atoms with Gasteiger partial charge in [-0.05, 0) is 44.7 Å². The molecule has 0 saturated heterocycles. The van der Waals surface area contributed by atoms with Crippen molar-refractivity contribution in [3.05, 3.63) is 29.6 Å². The summed E-state index contributed by atoms with van der Waals surface area (Å²) in [5, 5.41) is 0. The van der Waals surface area contributed by atoms with Gasteiger partial charge in [-0.3, -0.25) is 0 Å². The van der Waals surface area contributed by atoms with E-state index >= 15 is 0 Å². The van der Waals surface area contributed by atoms with Crippen LogP contribution in [0.4, 0.5) is 4.39 Å². The first kappa shape index (κ1) is 13.0. The molecule has 3 heteroatoms. The lowest BCUT2D eigenvalue weighted by atomic mass is 10.1. The van der Waals surface area contributed by atoms with E-state index in [1.807, 2.05) is 6.92 Å². The predicted octanol–water partition coefficient (Wildman–Crippen LogP) is 3.03. The van der Waals surface area contributed by atoms with E-state index in [1.54, 1.807) is 25.1 Å². The van der Waals surface area contributed by atoms with E-state index in [4.69, 9.17) is 10.5 Å². The first-order chi connectivity index (χ1) is 7.61. The van der Waals surface area contributed by atoms with E-state index in [2.05, 4.69) is 0 Å². The number of hydrogen-bond donors (Lipinski definition) is 1. The van der Waals surface area contributed by atoms with Crippen LogP contribution in [-0.4, -0.2) is 12.6 Å². The van der Waals surface area contributed by atoms with Crippen molar-refractivity contribution in [3.63, 3.8) is 0 Å². The second-order valence-electron chi connectivity index (χ2n) is 4.21. The van der Waals surface area contributed by atoms with Crippen molar-refractivity contribution in [2.45, 2.75) is 39.2 Å². The van der Waals surface area contributed by atoms with Crippen LogP contribution in [0.25, 0.3) is 0 Å². The van der Waals surface area contributed by atoms with Gasteiger partial charge in [0, 0.05) is 6.04 Å². The Kier molecular flexibility index (Phi) is 5.26. The molecule has 0 saturated carbocycles. The van der Waals surface area contributed by atoms with Gasteiger partial charge < -0.3 is 10.5 Å². The molecule has 0 bridgehead atoms. The van der Waals surface area contributed by atoms with E-state index in [0.717, 1.165) is 19.3 Å². The Labute approximate surface area is 96.6 Å². The van der Waals surface area contributed by atoms with Crippen LogP contribution in [0.1, 0.15) is 31.7 Å². The lowest BCUT2D eigenvalue weighted by Crippen LogP contribution is -2.14. The summed E-state index contributed by atoms with van der Waals surface area (Å²) < 4.78 is 18.9. The highest BCUT2D eigenvalue weighted by Crippen LogP contribution is 2.19. The molecule has 0 aliphatic rings. The smallest absolute Gasteiger partial charge is 0.167 e. The monoisotopic (exact) mass is 225 g/mol. The van der Waals surface area contributed by atoms with Crippen molar-refractivity contribution in [3.8, 4) is 5.75 Å². The van der Waals surface area contributed by atoms with E-state index < -0.39 is 0 Å². The van der Waals surface area contributed by atoms with Gasteiger partial charge in [-0.25, -0.2) is 4.39 Å². The molecule has 2 N–H and O–H groups in total. The average Bonchev–Trinajstić information content (AvgIpc) is 2.23. The second kappa shape index (κ2) is 6.48.